The molecule has 0 radical (unpaired) electrons. The second-order valence-electron chi connectivity index (χ2n) is 4.07. The lowest BCUT2D eigenvalue weighted by Crippen LogP contribution is -2.20. The summed E-state index contributed by atoms with van der Waals surface area (Å²) in [5.41, 5.74) is 2.20. The minimum atomic E-state index is -0.444. The summed E-state index contributed by atoms with van der Waals surface area (Å²) in [7, 11) is 1.34. The van der Waals surface area contributed by atoms with Crippen LogP contribution in [0.5, 0.6) is 0 Å². The minimum Gasteiger partial charge on any atom is -0.465 e. The van der Waals surface area contributed by atoms with Crippen molar-refractivity contribution in [2.75, 3.05) is 13.7 Å². The molecular formula is C15H15NO4. The van der Waals surface area contributed by atoms with Gasteiger partial charge < -0.3 is 9.47 Å². The molecule has 1 aliphatic rings. The quantitative estimate of drug-likeness (QED) is 0.777. The Bertz CT molecular complexity index is 590. The largest absolute Gasteiger partial charge is 0.465 e. The molecule has 1 aromatic carbocycles. The van der Waals surface area contributed by atoms with Gasteiger partial charge in [-0.25, -0.2) is 9.59 Å². The Morgan fingerprint density at radius 1 is 1.15 bits per heavy atom. The SMILES string of the molecule is CCOC(=O)N1C=Cc2ccc(C(=O)OC)cc2C=C1. The maximum absolute atomic E-state index is 11.7. The number of carbonyl (C=O) groups excluding carboxylic acids is 2. The molecule has 0 aliphatic carbocycles. The minimum absolute atomic E-state index is 0.316. The van der Waals surface area contributed by atoms with Gasteiger partial charge in [0.05, 0.1) is 19.3 Å². The molecule has 1 aliphatic heterocycles. The van der Waals surface area contributed by atoms with Gasteiger partial charge in [0.2, 0.25) is 0 Å². The molecule has 1 heterocycles. The van der Waals surface area contributed by atoms with E-state index in [4.69, 9.17) is 4.74 Å². The highest BCUT2D eigenvalue weighted by atomic mass is 16.6. The highest BCUT2D eigenvalue weighted by Gasteiger charge is 2.13. The fraction of sp³-hybridized carbons (Fsp3) is 0.200. The molecule has 0 atom stereocenters. The maximum Gasteiger partial charge on any atom is 0.417 e. The Balaban J connectivity index is 2.29. The molecule has 0 unspecified atom stereocenters. The Hall–Kier alpha value is -2.56. The third-order valence-corrected chi connectivity index (χ3v) is 2.82. The maximum atomic E-state index is 11.7. The molecule has 5 nitrogen and oxygen atoms in total. The van der Waals surface area contributed by atoms with Crippen molar-refractivity contribution >= 4 is 24.2 Å². The van der Waals surface area contributed by atoms with Crippen molar-refractivity contribution in [2.24, 2.45) is 0 Å². The summed E-state index contributed by atoms with van der Waals surface area (Å²) in [5, 5.41) is 0. The zero-order valence-corrected chi connectivity index (χ0v) is 11.3. The number of ether oxygens (including phenoxy) is 2. The van der Waals surface area contributed by atoms with Gasteiger partial charge in [-0.05, 0) is 42.3 Å². The summed E-state index contributed by atoms with van der Waals surface area (Å²) < 4.78 is 9.61. The van der Waals surface area contributed by atoms with Gasteiger partial charge in [-0.2, -0.15) is 0 Å². The molecule has 1 aromatic rings. The highest BCUT2D eigenvalue weighted by Crippen LogP contribution is 2.20. The summed E-state index contributed by atoms with van der Waals surface area (Å²) in [6.07, 6.45) is 6.31. The van der Waals surface area contributed by atoms with Crippen molar-refractivity contribution in [3.8, 4) is 0 Å². The number of methoxy groups -OCH3 is 1. The molecule has 0 aromatic heterocycles. The van der Waals surface area contributed by atoms with E-state index < -0.39 is 12.1 Å². The van der Waals surface area contributed by atoms with E-state index in [1.165, 1.54) is 12.0 Å². The summed E-state index contributed by atoms with van der Waals surface area (Å²) in [5.74, 6) is -0.392. The Morgan fingerprint density at radius 3 is 2.50 bits per heavy atom. The number of carbonyl (C=O) groups is 2. The van der Waals surface area contributed by atoms with Gasteiger partial charge >= 0.3 is 12.1 Å². The van der Waals surface area contributed by atoms with E-state index in [-0.39, 0.29) is 0 Å². The number of esters is 1. The van der Waals surface area contributed by atoms with Crippen molar-refractivity contribution in [2.45, 2.75) is 6.92 Å². The van der Waals surface area contributed by atoms with Crippen LogP contribution < -0.4 is 0 Å². The standard InChI is InChI=1S/C15H15NO4/c1-3-20-15(18)16-8-6-11-4-5-13(14(17)19-2)10-12(11)7-9-16/h4-10H,3H2,1-2H3. The van der Waals surface area contributed by atoms with Crippen molar-refractivity contribution in [1.82, 2.24) is 4.90 Å². The Morgan fingerprint density at radius 2 is 1.85 bits per heavy atom. The van der Waals surface area contributed by atoms with E-state index in [0.717, 1.165) is 11.1 Å². The van der Waals surface area contributed by atoms with E-state index in [9.17, 15) is 9.59 Å². The lowest BCUT2D eigenvalue weighted by molar-refractivity contribution is 0.0600. The van der Waals surface area contributed by atoms with Gasteiger partial charge in [-0.15, -0.1) is 0 Å². The second-order valence-corrected chi connectivity index (χ2v) is 4.07. The third-order valence-electron chi connectivity index (χ3n) is 2.82. The molecule has 5 heteroatoms. The van der Waals surface area contributed by atoms with Crippen LogP contribution in [-0.2, 0) is 9.47 Å². The lowest BCUT2D eigenvalue weighted by Gasteiger charge is -2.11. The number of benzene rings is 1. The summed E-state index contributed by atoms with van der Waals surface area (Å²) in [6.45, 7) is 2.07. The molecule has 2 rings (SSSR count). The zero-order chi connectivity index (χ0) is 14.5. The summed E-state index contributed by atoms with van der Waals surface area (Å²) in [6, 6.07) is 5.20. The fourth-order valence-corrected chi connectivity index (χ4v) is 1.81. The topological polar surface area (TPSA) is 55.8 Å². The van der Waals surface area contributed by atoms with E-state index in [1.807, 2.05) is 0 Å². The van der Waals surface area contributed by atoms with Gasteiger partial charge in [-0.3, -0.25) is 4.90 Å². The molecule has 20 heavy (non-hydrogen) atoms. The van der Waals surface area contributed by atoms with E-state index in [0.29, 0.717) is 12.2 Å². The van der Waals surface area contributed by atoms with Crippen LogP contribution in [0.2, 0.25) is 0 Å². The first kappa shape index (κ1) is 13.9. The lowest BCUT2D eigenvalue weighted by atomic mass is 10.0. The first-order chi connectivity index (χ1) is 9.65. The molecular weight excluding hydrogens is 258 g/mol. The molecule has 0 bridgehead atoms. The van der Waals surface area contributed by atoms with E-state index in [1.54, 1.807) is 49.7 Å². The number of rotatable bonds is 2. The molecule has 1 amide bonds. The van der Waals surface area contributed by atoms with Crippen LogP contribution in [0.1, 0.15) is 28.4 Å². The average Bonchev–Trinajstić information content (AvgIpc) is 2.68. The Kier molecular flexibility index (Phi) is 4.20. The first-order valence-corrected chi connectivity index (χ1v) is 6.19. The Labute approximate surface area is 117 Å². The molecule has 0 saturated carbocycles. The number of amides is 1. The number of hydrogen-bond acceptors (Lipinski definition) is 4. The molecule has 0 saturated heterocycles. The third kappa shape index (κ3) is 2.88. The van der Waals surface area contributed by atoms with Crippen LogP contribution in [0.15, 0.2) is 30.6 Å². The summed E-state index contributed by atoms with van der Waals surface area (Å²) in [4.78, 5) is 24.5. The number of nitrogens with zero attached hydrogens (tertiary/aromatic N) is 1. The van der Waals surface area contributed by atoms with Crippen LogP contribution in [0.25, 0.3) is 12.2 Å². The fourth-order valence-electron chi connectivity index (χ4n) is 1.81. The molecule has 0 fully saturated rings. The molecule has 0 N–H and O–H groups in total. The van der Waals surface area contributed by atoms with Crippen molar-refractivity contribution in [3.05, 3.63) is 47.3 Å². The normalized spacial score (nSPS) is 12.6. The number of hydrogen-bond donors (Lipinski definition) is 0. The number of fused-ring (bicyclic) bond motifs is 1. The van der Waals surface area contributed by atoms with Crippen molar-refractivity contribution < 1.29 is 19.1 Å². The van der Waals surface area contributed by atoms with Crippen LogP contribution in [-0.4, -0.2) is 30.7 Å². The summed E-state index contributed by atoms with van der Waals surface area (Å²) >= 11 is 0. The van der Waals surface area contributed by atoms with Crippen LogP contribution >= 0.6 is 0 Å². The highest BCUT2D eigenvalue weighted by molar-refractivity contribution is 5.91. The van der Waals surface area contributed by atoms with Crippen LogP contribution in [0.3, 0.4) is 0 Å². The smallest absolute Gasteiger partial charge is 0.417 e. The van der Waals surface area contributed by atoms with Gasteiger partial charge in [0.15, 0.2) is 0 Å². The van der Waals surface area contributed by atoms with Crippen molar-refractivity contribution in [3.63, 3.8) is 0 Å². The van der Waals surface area contributed by atoms with Crippen LogP contribution in [0.4, 0.5) is 4.79 Å². The van der Waals surface area contributed by atoms with Gasteiger partial charge in [0.25, 0.3) is 0 Å². The van der Waals surface area contributed by atoms with E-state index >= 15 is 0 Å². The average molecular weight is 273 g/mol. The van der Waals surface area contributed by atoms with Crippen LogP contribution in [0, 0.1) is 0 Å². The van der Waals surface area contributed by atoms with Crippen molar-refractivity contribution in [1.29, 1.82) is 0 Å². The van der Waals surface area contributed by atoms with Gasteiger partial charge in [0.1, 0.15) is 0 Å². The monoisotopic (exact) mass is 273 g/mol. The first-order valence-electron chi connectivity index (χ1n) is 6.19. The predicted molar refractivity (Wildman–Crippen MR) is 74.7 cm³/mol. The van der Waals surface area contributed by atoms with Gasteiger partial charge in [0, 0.05) is 12.4 Å². The van der Waals surface area contributed by atoms with Gasteiger partial charge in [-0.1, -0.05) is 6.07 Å². The zero-order valence-electron chi connectivity index (χ0n) is 11.3. The second kappa shape index (κ2) is 6.06. The molecule has 104 valence electrons. The van der Waals surface area contributed by atoms with E-state index in [2.05, 4.69) is 4.74 Å². The predicted octanol–water partition coefficient (Wildman–Crippen LogP) is 2.89. The molecule has 0 spiro atoms.